The average Bonchev–Trinajstić information content (AvgIpc) is 2.87. The molecular formula is C14H26N2O3S. The van der Waals surface area contributed by atoms with Crippen LogP contribution in [0, 0.1) is 5.92 Å². The normalized spacial score (nSPS) is 15.2. The van der Waals surface area contributed by atoms with E-state index in [1.165, 1.54) is 6.07 Å². The molecule has 0 radical (unpaired) electrons. The lowest BCUT2D eigenvalue weighted by Crippen LogP contribution is -2.36. The number of hydrogen-bond acceptors (Lipinski definition) is 4. The molecule has 2 N–H and O–H groups in total. The molecule has 0 aromatic carbocycles. The molecule has 116 valence electrons. The van der Waals surface area contributed by atoms with E-state index in [0.29, 0.717) is 12.3 Å². The predicted octanol–water partition coefficient (Wildman–Crippen LogP) is 2.49. The molecule has 1 aromatic heterocycles. The highest BCUT2D eigenvalue weighted by Crippen LogP contribution is 2.16. The van der Waals surface area contributed by atoms with Crippen molar-refractivity contribution in [3.8, 4) is 0 Å². The standard InChI is InChI=1S/C14H26N2O3S/c1-5-9-15-10-13-7-8-14(19-13)20(17,18)16-12(4)11(3)6-2/h7-8,11-12,15-16H,5-6,9-10H2,1-4H3. The summed E-state index contributed by atoms with van der Waals surface area (Å²) in [5, 5.41) is 3.16. The van der Waals surface area contributed by atoms with Crippen molar-refractivity contribution in [3.05, 3.63) is 17.9 Å². The van der Waals surface area contributed by atoms with E-state index in [0.717, 1.165) is 19.4 Å². The second-order valence-electron chi connectivity index (χ2n) is 5.19. The minimum Gasteiger partial charge on any atom is -0.447 e. The minimum atomic E-state index is -3.57. The summed E-state index contributed by atoms with van der Waals surface area (Å²) in [5.41, 5.74) is 0. The fourth-order valence-corrected chi connectivity index (χ4v) is 3.06. The third-order valence-corrected chi connectivity index (χ3v) is 4.90. The Morgan fingerprint density at radius 2 is 1.95 bits per heavy atom. The first-order valence-electron chi connectivity index (χ1n) is 7.22. The summed E-state index contributed by atoms with van der Waals surface area (Å²) in [4.78, 5) is 0. The van der Waals surface area contributed by atoms with Gasteiger partial charge in [-0.3, -0.25) is 0 Å². The van der Waals surface area contributed by atoms with Crippen LogP contribution in [0.15, 0.2) is 21.6 Å². The van der Waals surface area contributed by atoms with Crippen LogP contribution in [-0.2, 0) is 16.6 Å². The first-order valence-corrected chi connectivity index (χ1v) is 8.70. The van der Waals surface area contributed by atoms with Gasteiger partial charge in [0, 0.05) is 6.04 Å². The molecule has 1 heterocycles. The minimum absolute atomic E-state index is 0.0130. The molecule has 0 aliphatic rings. The predicted molar refractivity (Wildman–Crippen MR) is 79.9 cm³/mol. The van der Waals surface area contributed by atoms with Crippen molar-refractivity contribution in [2.45, 2.75) is 58.2 Å². The summed E-state index contributed by atoms with van der Waals surface area (Å²) in [7, 11) is -3.57. The molecule has 0 saturated heterocycles. The highest BCUT2D eigenvalue weighted by Gasteiger charge is 2.23. The molecule has 2 atom stereocenters. The Labute approximate surface area is 122 Å². The van der Waals surface area contributed by atoms with E-state index >= 15 is 0 Å². The van der Waals surface area contributed by atoms with Crippen molar-refractivity contribution >= 4 is 10.0 Å². The number of nitrogens with one attached hydrogen (secondary N) is 2. The summed E-state index contributed by atoms with van der Waals surface area (Å²) in [6.07, 6.45) is 1.95. The van der Waals surface area contributed by atoms with Crippen molar-refractivity contribution in [1.82, 2.24) is 10.0 Å². The molecule has 0 spiro atoms. The van der Waals surface area contributed by atoms with Crippen molar-refractivity contribution < 1.29 is 12.8 Å². The van der Waals surface area contributed by atoms with Crippen molar-refractivity contribution in [3.63, 3.8) is 0 Å². The summed E-state index contributed by atoms with van der Waals surface area (Å²) >= 11 is 0. The van der Waals surface area contributed by atoms with Crippen molar-refractivity contribution in [2.24, 2.45) is 5.92 Å². The summed E-state index contributed by atoms with van der Waals surface area (Å²) in [6.45, 7) is 9.44. The molecule has 0 bridgehead atoms. The lowest BCUT2D eigenvalue weighted by Gasteiger charge is -2.18. The Hall–Kier alpha value is -0.850. The SMILES string of the molecule is CCCNCc1ccc(S(=O)(=O)NC(C)C(C)CC)o1. The topological polar surface area (TPSA) is 71.3 Å². The first kappa shape index (κ1) is 17.2. The number of furan rings is 1. The van der Waals surface area contributed by atoms with Crippen LogP contribution in [-0.4, -0.2) is 21.0 Å². The quantitative estimate of drug-likeness (QED) is 0.688. The third kappa shape index (κ3) is 4.92. The molecule has 0 saturated carbocycles. The van der Waals surface area contributed by atoms with Crippen LogP contribution in [0.4, 0.5) is 0 Å². The van der Waals surface area contributed by atoms with Crippen LogP contribution in [0.3, 0.4) is 0 Å². The van der Waals surface area contributed by atoms with E-state index in [4.69, 9.17) is 4.42 Å². The van der Waals surface area contributed by atoms with E-state index < -0.39 is 10.0 Å². The van der Waals surface area contributed by atoms with Crippen molar-refractivity contribution in [2.75, 3.05) is 6.54 Å². The molecule has 0 aliphatic heterocycles. The van der Waals surface area contributed by atoms with E-state index in [-0.39, 0.29) is 17.1 Å². The Kier molecular flexibility index (Phi) is 6.71. The monoisotopic (exact) mass is 302 g/mol. The van der Waals surface area contributed by atoms with E-state index in [1.54, 1.807) is 6.07 Å². The van der Waals surface area contributed by atoms with Crippen LogP contribution >= 0.6 is 0 Å². The van der Waals surface area contributed by atoms with Crippen LogP contribution in [0.1, 0.15) is 46.3 Å². The second kappa shape index (κ2) is 7.81. The van der Waals surface area contributed by atoms with Gasteiger partial charge in [0.15, 0.2) is 0 Å². The van der Waals surface area contributed by atoms with Gasteiger partial charge in [-0.1, -0.05) is 27.2 Å². The Bertz CT molecular complexity index is 496. The van der Waals surface area contributed by atoms with Gasteiger partial charge in [0.2, 0.25) is 5.09 Å². The highest BCUT2D eigenvalue weighted by atomic mass is 32.2. The third-order valence-electron chi connectivity index (χ3n) is 3.47. The highest BCUT2D eigenvalue weighted by molar-refractivity contribution is 7.89. The zero-order valence-corrected chi connectivity index (χ0v) is 13.6. The van der Waals surface area contributed by atoms with Crippen LogP contribution in [0.5, 0.6) is 0 Å². The first-order chi connectivity index (χ1) is 9.40. The maximum Gasteiger partial charge on any atom is 0.274 e. The van der Waals surface area contributed by atoms with Gasteiger partial charge in [-0.2, -0.15) is 0 Å². The molecule has 2 unspecified atom stereocenters. The van der Waals surface area contributed by atoms with E-state index in [9.17, 15) is 8.42 Å². The molecule has 0 amide bonds. The molecule has 20 heavy (non-hydrogen) atoms. The zero-order chi connectivity index (χ0) is 15.2. The molecule has 6 heteroatoms. The molecule has 1 rings (SSSR count). The summed E-state index contributed by atoms with van der Waals surface area (Å²) in [5.74, 6) is 0.917. The number of sulfonamides is 1. The molecular weight excluding hydrogens is 276 g/mol. The fraction of sp³-hybridized carbons (Fsp3) is 0.714. The Morgan fingerprint density at radius 3 is 2.55 bits per heavy atom. The Morgan fingerprint density at radius 1 is 1.25 bits per heavy atom. The van der Waals surface area contributed by atoms with Gasteiger partial charge < -0.3 is 9.73 Å². The largest absolute Gasteiger partial charge is 0.447 e. The zero-order valence-electron chi connectivity index (χ0n) is 12.8. The maximum absolute atomic E-state index is 12.2. The van der Waals surface area contributed by atoms with E-state index in [2.05, 4.69) is 17.0 Å². The van der Waals surface area contributed by atoms with E-state index in [1.807, 2.05) is 20.8 Å². The summed E-state index contributed by atoms with van der Waals surface area (Å²) < 4.78 is 32.4. The molecule has 0 aliphatic carbocycles. The number of hydrogen-bond donors (Lipinski definition) is 2. The van der Waals surface area contributed by atoms with Gasteiger partial charge in [0.05, 0.1) is 6.54 Å². The van der Waals surface area contributed by atoms with Gasteiger partial charge >= 0.3 is 0 Å². The molecule has 0 fully saturated rings. The van der Waals surface area contributed by atoms with Gasteiger partial charge in [-0.15, -0.1) is 0 Å². The van der Waals surface area contributed by atoms with Crippen LogP contribution in [0.2, 0.25) is 0 Å². The number of rotatable bonds is 9. The van der Waals surface area contributed by atoms with Gasteiger partial charge in [0.1, 0.15) is 5.76 Å². The van der Waals surface area contributed by atoms with Gasteiger partial charge in [0.25, 0.3) is 10.0 Å². The van der Waals surface area contributed by atoms with Crippen LogP contribution < -0.4 is 10.0 Å². The second-order valence-corrected chi connectivity index (χ2v) is 6.84. The molecule has 5 nitrogen and oxygen atoms in total. The lowest BCUT2D eigenvalue weighted by molar-refractivity contribution is 0.388. The maximum atomic E-state index is 12.2. The van der Waals surface area contributed by atoms with Gasteiger partial charge in [-0.05, 0) is 37.9 Å². The Balaban J connectivity index is 2.68. The van der Waals surface area contributed by atoms with Crippen LogP contribution in [0.25, 0.3) is 0 Å². The van der Waals surface area contributed by atoms with Gasteiger partial charge in [-0.25, -0.2) is 13.1 Å². The fourth-order valence-electron chi connectivity index (χ4n) is 1.76. The smallest absolute Gasteiger partial charge is 0.274 e. The van der Waals surface area contributed by atoms with Crippen molar-refractivity contribution in [1.29, 1.82) is 0 Å². The average molecular weight is 302 g/mol. The summed E-state index contributed by atoms with van der Waals surface area (Å²) in [6, 6.07) is 3.09. The molecule has 1 aromatic rings. The lowest BCUT2D eigenvalue weighted by atomic mass is 10.0.